The summed E-state index contributed by atoms with van der Waals surface area (Å²) in [4.78, 5) is 23.1. The first-order valence-electron chi connectivity index (χ1n) is 6.27. The average Bonchev–Trinajstić information content (AvgIpc) is 2.38. The van der Waals surface area contributed by atoms with Gasteiger partial charge in [0.1, 0.15) is 5.75 Å². The third kappa shape index (κ3) is 2.76. The summed E-state index contributed by atoms with van der Waals surface area (Å²) in [5.74, 6) is 0.0653. The maximum atomic E-state index is 11.7. The van der Waals surface area contributed by atoms with E-state index in [1.807, 2.05) is 13.0 Å². The zero-order chi connectivity index (χ0) is 14.0. The van der Waals surface area contributed by atoms with Crippen LogP contribution in [0, 0.1) is 0 Å². The fraction of sp³-hybridized carbons (Fsp3) is 0.429. The molecule has 0 saturated heterocycles. The summed E-state index contributed by atoms with van der Waals surface area (Å²) in [6, 6.07) is 5.22. The van der Waals surface area contributed by atoms with Crippen LogP contribution in [0.1, 0.15) is 42.7 Å². The number of benzene rings is 1. The van der Waals surface area contributed by atoms with Gasteiger partial charge in [0.25, 0.3) is 0 Å². The van der Waals surface area contributed by atoms with Crippen molar-refractivity contribution in [3.63, 3.8) is 0 Å². The van der Waals surface area contributed by atoms with Crippen LogP contribution in [0.3, 0.4) is 0 Å². The van der Waals surface area contributed by atoms with Gasteiger partial charge in [0.15, 0.2) is 5.78 Å². The first kappa shape index (κ1) is 13.5. The van der Waals surface area contributed by atoms with Crippen molar-refractivity contribution in [2.75, 3.05) is 6.61 Å². The van der Waals surface area contributed by atoms with Crippen molar-refractivity contribution < 1.29 is 19.1 Å². The van der Waals surface area contributed by atoms with Crippen LogP contribution in [0.2, 0.25) is 0 Å². The number of hydrogen-bond donors (Lipinski definition) is 1. The summed E-state index contributed by atoms with van der Waals surface area (Å²) in [7, 11) is 0. The molecule has 1 heterocycles. The number of fused-ring (bicyclic) bond motifs is 1. The smallest absolute Gasteiger partial charge is 0.363 e. The standard InChI is InChI=1S/C14H17NO4/c1-4-18-14(17)13-15-8(2)11-6-5-10(9(3)16)7-12(11)19-13/h5-8,13,15H,4H2,1-3H3. The van der Waals surface area contributed by atoms with Crippen LogP contribution in [0.15, 0.2) is 18.2 Å². The monoisotopic (exact) mass is 263 g/mol. The third-order valence-corrected chi connectivity index (χ3v) is 3.03. The molecular weight excluding hydrogens is 246 g/mol. The summed E-state index contributed by atoms with van der Waals surface area (Å²) in [6.07, 6.45) is -0.829. The molecule has 1 aliphatic heterocycles. The number of hydrogen-bond acceptors (Lipinski definition) is 5. The molecule has 0 spiro atoms. The SMILES string of the molecule is CCOC(=O)C1NC(C)c2ccc(C(C)=O)cc2O1. The minimum Gasteiger partial charge on any atom is -0.464 e. The predicted octanol–water partition coefficient (Wildman–Crippen LogP) is 1.82. The highest BCUT2D eigenvalue weighted by Crippen LogP contribution is 2.31. The van der Waals surface area contributed by atoms with E-state index in [2.05, 4.69) is 5.32 Å². The van der Waals surface area contributed by atoms with Crippen molar-refractivity contribution in [2.45, 2.75) is 33.0 Å². The predicted molar refractivity (Wildman–Crippen MR) is 69.0 cm³/mol. The van der Waals surface area contributed by atoms with Gasteiger partial charge in [-0.2, -0.15) is 0 Å². The Kier molecular flexibility index (Phi) is 3.85. The molecule has 1 aliphatic rings. The second-order valence-corrected chi connectivity index (χ2v) is 4.45. The topological polar surface area (TPSA) is 64.6 Å². The van der Waals surface area contributed by atoms with Gasteiger partial charge in [-0.15, -0.1) is 0 Å². The van der Waals surface area contributed by atoms with Crippen molar-refractivity contribution in [2.24, 2.45) is 0 Å². The molecule has 0 fully saturated rings. The fourth-order valence-corrected chi connectivity index (χ4v) is 2.03. The van der Waals surface area contributed by atoms with Crippen molar-refractivity contribution >= 4 is 11.8 Å². The minimum absolute atomic E-state index is 0.0368. The van der Waals surface area contributed by atoms with Gasteiger partial charge in [-0.3, -0.25) is 10.1 Å². The second kappa shape index (κ2) is 5.40. The largest absolute Gasteiger partial charge is 0.464 e. The number of carbonyl (C=O) groups is 2. The maximum Gasteiger partial charge on any atom is 0.363 e. The molecule has 19 heavy (non-hydrogen) atoms. The summed E-state index contributed by atoms with van der Waals surface area (Å²) < 4.78 is 10.5. The number of ether oxygens (including phenoxy) is 2. The summed E-state index contributed by atoms with van der Waals surface area (Å²) in [6.45, 7) is 5.47. The molecule has 0 saturated carbocycles. The fourth-order valence-electron chi connectivity index (χ4n) is 2.03. The van der Waals surface area contributed by atoms with E-state index in [-0.39, 0.29) is 11.8 Å². The number of Topliss-reactive ketones (excluding diaryl/α,β-unsaturated/α-hetero) is 1. The van der Waals surface area contributed by atoms with E-state index in [1.54, 1.807) is 19.1 Å². The van der Waals surface area contributed by atoms with E-state index in [0.717, 1.165) is 5.56 Å². The molecule has 102 valence electrons. The summed E-state index contributed by atoms with van der Waals surface area (Å²) in [5.41, 5.74) is 1.49. The Hall–Kier alpha value is -1.88. The molecule has 1 aromatic carbocycles. The normalized spacial score (nSPS) is 21.2. The van der Waals surface area contributed by atoms with Gasteiger partial charge in [-0.25, -0.2) is 4.79 Å². The lowest BCUT2D eigenvalue weighted by atomic mass is 10.0. The highest BCUT2D eigenvalue weighted by molar-refractivity contribution is 5.94. The molecule has 1 aromatic rings. The van der Waals surface area contributed by atoms with Crippen molar-refractivity contribution in [1.82, 2.24) is 5.32 Å². The molecule has 0 bridgehead atoms. The number of nitrogens with one attached hydrogen (secondary N) is 1. The zero-order valence-corrected chi connectivity index (χ0v) is 11.2. The molecule has 0 aromatic heterocycles. The van der Waals surface area contributed by atoms with Crippen molar-refractivity contribution in [3.05, 3.63) is 29.3 Å². The van der Waals surface area contributed by atoms with Gasteiger partial charge in [-0.05, 0) is 26.8 Å². The third-order valence-electron chi connectivity index (χ3n) is 3.03. The molecule has 0 amide bonds. The Morgan fingerprint density at radius 2 is 2.16 bits per heavy atom. The van der Waals surface area contributed by atoms with Crippen LogP contribution in [-0.2, 0) is 9.53 Å². The van der Waals surface area contributed by atoms with Crippen LogP contribution in [0.25, 0.3) is 0 Å². The van der Waals surface area contributed by atoms with Crippen LogP contribution in [0.4, 0.5) is 0 Å². The highest BCUT2D eigenvalue weighted by atomic mass is 16.6. The molecule has 2 unspecified atom stereocenters. The number of ketones is 1. The van der Waals surface area contributed by atoms with Crippen LogP contribution in [0.5, 0.6) is 5.75 Å². The Morgan fingerprint density at radius 3 is 2.79 bits per heavy atom. The zero-order valence-electron chi connectivity index (χ0n) is 11.2. The van der Waals surface area contributed by atoms with Gasteiger partial charge in [0.2, 0.25) is 6.23 Å². The molecule has 1 N–H and O–H groups in total. The summed E-state index contributed by atoms with van der Waals surface area (Å²) >= 11 is 0. The maximum absolute atomic E-state index is 11.7. The lowest BCUT2D eigenvalue weighted by Gasteiger charge is -2.30. The molecule has 2 rings (SSSR count). The quantitative estimate of drug-likeness (QED) is 0.665. The molecule has 5 heteroatoms. The van der Waals surface area contributed by atoms with E-state index in [0.29, 0.717) is 17.9 Å². The summed E-state index contributed by atoms with van der Waals surface area (Å²) in [5, 5.41) is 3.02. The first-order valence-corrected chi connectivity index (χ1v) is 6.27. The molecule has 0 aliphatic carbocycles. The molecular formula is C14H17NO4. The lowest BCUT2D eigenvalue weighted by molar-refractivity contribution is -0.154. The Labute approximate surface area is 111 Å². The number of rotatable bonds is 3. The van der Waals surface area contributed by atoms with Crippen LogP contribution < -0.4 is 10.1 Å². The number of esters is 1. The van der Waals surface area contributed by atoms with Crippen LogP contribution in [-0.4, -0.2) is 24.6 Å². The van der Waals surface area contributed by atoms with E-state index in [1.165, 1.54) is 6.92 Å². The van der Waals surface area contributed by atoms with Gasteiger partial charge < -0.3 is 9.47 Å². The first-order chi connectivity index (χ1) is 9.02. The van der Waals surface area contributed by atoms with E-state index >= 15 is 0 Å². The Morgan fingerprint density at radius 1 is 1.42 bits per heavy atom. The Balaban J connectivity index is 2.28. The second-order valence-electron chi connectivity index (χ2n) is 4.45. The molecule has 0 radical (unpaired) electrons. The molecule has 2 atom stereocenters. The lowest BCUT2D eigenvalue weighted by Crippen LogP contribution is -2.47. The van der Waals surface area contributed by atoms with E-state index < -0.39 is 12.2 Å². The molecule has 5 nitrogen and oxygen atoms in total. The van der Waals surface area contributed by atoms with Crippen LogP contribution >= 0.6 is 0 Å². The van der Waals surface area contributed by atoms with E-state index in [4.69, 9.17) is 9.47 Å². The minimum atomic E-state index is -0.829. The van der Waals surface area contributed by atoms with Gasteiger partial charge in [0.05, 0.1) is 6.61 Å². The van der Waals surface area contributed by atoms with Crippen molar-refractivity contribution in [3.8, 4) is 5.75 Å². The van der Waals surface area contributed by atoms with E-state index in [9.17, 15) is 9.59 Å². The van der Waals surface area contributed by atoms with Gasteiger partial charge >= 0.3 is 5.97 Å². The van der Waals surface area contributed by atoms with Crippen molar-refractivity contribution in [1.29, 1.82) is 0 Å². The number of carbonyl (C=O) groups excluding carboxylic acids is 2. The van der Waals surface area contributed by atoms with Gasteiger partial charge in [-0.1, -0.05) is 12.1 Å². The van der Waals surface area contributed by atoms with Gasteiger partial charge in [0, 0.05) is 17.2 Å². The average molecular weight is 263 g/mol. The Bertz CT molecular complexity index is 512. The highest BCUT2D eigenvalue weighted by Gasteiger charge is 2.30.